The molecular formula is C46H29NO2. The Morgan fingerprint density at radius 2 is 1.02 bits per heavy atom. The van der Waals surface area contributed by atoms with Crippen LogP contribution in [-0.4, -0.2) is 0 Å². The van der Waals surface area contributed by atoms with Gasteiger partial charge in [-0.2, -0.15) is 0 Å². The van der Waals surface area contributed by atoms with Crippen molar-refractivity contribution in [3.63, 3.8) is 0 Å². The first kappa shape index (κ1) is 27.5. The first-order valence-corrected chi connectivity index (χ1v) is 16.6. The maximum absolute atomic E-state index is 6.40. The van der Waals surface area contributed by atoms with Crippen LogP contribution < -0.4 is 4.90 Å². The van der Waals surface area contributed by atoms with Gasteiger partial charge in [-0.1, -0.05) is 121 Å². The van der Waals surface area contributed by atoms with E-state index in [1.54, 1.807) is 0 Å². The Kier molecular flexibility index (Phi) is 6.18. The Bertz CT molecular complexity index is 2840. The summed E-state index contributed by atoms with van der Waals surface area (Å²) in [5, 5.41) is 6.91. The number of para-hydroxylation sites is 3. The molecule has 0 N–H and O–H groups in total. The summed E-state index contributed by atoms with van der Waals surface area (Å²) in [6.45, 7) is 0. The van der Waals surface area contributed by atoms with Crippen molar-refractivity contribution < 1.29 is 8.83 Å². The quantitative estimate of drug-likeness (QED) is 0.190. The molecule has 0 unspecified atom stereocenters. The van der Waals surface area contributed by atoms with Crippen molar-refractivity contribution in [2.24, 2.45) is 0 Å². The van der Waals surface area contributed by atoms with Crippen molar-refractivity contribution in [3.8, 4) is 22.3 Å². The standard InChI is InChI=1S/C46H29NO2/c1-2-11-32-28-34(23-22-30(32)10-1)33-12-7-13-36(29-33)47(41-18-9-21-44-45(41)40-15-4-6-20-43(40)48-44)35-26-24-31(25-27-35)37-16-8-17-39-38-14-3-5-19-42(38)49-46(37)39/h1-29H. The van der Waals surface area contributed by atoms with Gasteiger partial charge < -0.3 is 13.7 Å². The first-order chi connectivity index (χ1) is 24.3. The van der Waals surface area contributed by atoms with Crippen LogP contribution in [0.15, 0.2) is 185 Å². The maximum Gasteiger partial charge on any atom is 0.143 e. The second kappa shape index (κ2) is 11.0. The van der Waals surface area contributed by atoms with Gasteiger partial charge in [0.05, 0.1) is 11.1 Å². The summed E-state index contributed by atoms with van der Waals surface area (Å²) in [6, 6.07) is 62.1. The highest BCUT2D eigenvalue weighted by Crippen LogP contribution is 2.44. The Morgan fingerprint density at radius 3 is 1.90 bits per heavy atom. The minimum atomic E-state index is 0.863. The van der Waals surface area contributed by atoms with E-state index in [4.69, 9.17) is 8.83 Å². The van der Waals surface area contributed by atoms with Crippen LogP contribution >= 0.6 is 0 Å². The molecule has 0 aliphatic carbocycles. The smallest absolute Gasteiger partial charge is 0.143 e. The number of fused-ring (bicyclic) bond motifs is 7. The molecule has 0 bridgehead atoms. The van der Waals surface area contributed by atoms with E-state index >= 15 is 0 Å². The Morgan fingerprint density at radius 1 is 0.367 bits per heavy atom. The number of anilines is 3. The summed E-state index contributed by atoms with van der Waals surface area (Å²) in [4.78, 5) is 2.35. The summed E-state index contributed by atoms with van der Waals surface area (Å²) < 4.78 is 12.8. The third kappa shape index (κ3) is 4.51. The van der Waals surface area contributed by atoms with E-state index in [0.29, 0.717) is 0 Å². The summed E-state index contributed by atoms with van der Waals surface area (Å²) in [5.74, 6) is 0. The molecule has 0 amide bonds. The van der Waals surface area contributed by atoms with Crippen LogP contribution in [0, 0.1) is 0 Å². The van der Waals surface area contributed by atoms with Crippen molar-refractivity contribution in [3.05, 3.63) is 176 Å². The van der Waals surface area contributed by atoms with Crippen molar-refractivity contribution in [2.75, 3.05) is 4.90 Å². The van der Waals surface area contributed by atoms with E-state index in [1.165, 1.54) is 16.3 Å². The minimum Gasteiger partial charge on any atom is -0.456 e. The summed E-state index contributed by atoms with van der Waals surface area (Å²) >= 11 is 0. The Balaban J connectivity index is 1.15. The highest BCUT2D eigenvalue weighted by Gasteiger charge is 2.20. The fourth-order valence-corrected chi connectivity index (χ4v) is 7.33. The molecule has 10 aromatic rings. The van der Waals surface area contributed by atoms with Crippen molar-refractivity contribution >= 4 is 71.7 Å². The predicted octanol–water partition coefficient (Wildman–Crippen LogP) is 13.4. The monoisotopic (exact) mass is 627 g/mol. The van der Waals surface area contributed by atoms with E-state index in [9.17, 15) is 0 Å². The SMILES string of the molecule is c1cc(-c2ccc3ccccc3c2)cc(N(c2ccc(-c3cccc4c3oc3ccccc34)cc2)c2cccc3oc4ccccc4c23)c1. The topological polar surface area (TPSA) is 29.5 Å². The molecular weight excluding hydrogens is 599 g/mol. The van der Waals surface area contributed by atoms with Crippen LogP contribution in [0.25, 0.3) is 76.9 Å². The molecule has 0 atom stereocenters. The Labute approximate surface area is 282 Å². The van der Waals surface area contributed by atoms with Gasteiger partial charge in [0.25, 0.3) is 0 Å². The van der Waals surface area contributed by atoms with Gasteiger partial charge in [0.1, 0.15) is 22.3 Å². The van der Waals surface area contributed by atoms with Gasteiger partial charge in [-0.15, -0.1) is 0 Å². The van der Waals surface area contributed by atoms with Gasteiger partial charge in [0.15, 0.2) is 0 Å². The molecule has 0 aliphatic heterocycles. The van der Waals surface area contributed by atoms with Crippen LogP contribution in [0.4, 0.5) is 17.1 Å². The highest BCUT2D eigenvalue weighted by molar-refractivity contribution is 6.13. The number of nitrogens with zero attached hydrogens (tertiary/aromatic N) is 1. The highest BCUT2D eigenvalue weighted by atomic mass is 16.3. The zero-order valence-electron chi connectivity index (χ0n) is 26.5. The maximum atomic E-state index is 6.40. The molecule has 49 heavy (non-hydrogen) atoms. The lowest BCUT2D eigenvalue weighted by Crippen LogP contribution is -2.10. The fraction of sp³-hybridized carbons (Fsp3) is 0. The normalized spacial score (nSPS) is 11.7. The molecule has 3 heteroatoms. The molecule has 0 fully saturated rings. The van der Waals surface area contributed by atoms with Crippen molar-refractivity contribution in [1.29, 1.82) is 0 Å². The average molecular weight is 628 g/mol. The number of furan rings is 2. The molecule has 2 aromatic heterocycles. The molecule has 10 rings (SSSR count). The molecule has 230 valence electrons. The third-order valence-electron chi connectivity index (χ3n) is 9.65. The van der Waals surface area contributed by atoms with Crippen LogP contribution in [0.1, 0.15) is 0 Å². The predicted molar refractivity (Wildman–Crippen MR) is 204 cm³/mol. The van der Waals surface area contributed by atoms with Gasteiger partial charge in [0, 0.05) is 33.1 Å². The van der Waals surface area contributed by atoms with Crippen LogP contribution in [0.5, 0.6) is 0 Å². The van der Waals surface area contributed by atoms with E-state index in [0.717, 1.165) is 77.6 Å². The molecule has 0 spiro atoms. The van der Waals surface area contributed by atoms with Gasteiger partial charge >= 0.3 is 0 Å². The van der Waals surface area contributed by atoms with Crippen LogP contribution in [0.3, 0.4) is 0 Å². The van der Waals surface area contributed by atoms with Gasteiger partial charge in [0.2, 0.25) is 0 Å². The number of hydrogen-bond donors (Lipinski definition) is 0. The van der Waals surface area contributed by atoms with Crippen molar-refractivity contribution in [1.82, 2.24) is 0 Å². The summed E-state index contributed by atoms with van der Waals surface area (Å²) in [6.07, 6.45) is 0. The zero-order valence-corrected chi connectivity index (χ0v) is 26.5. The lowest BCUT2D eigenvalue weighted by atomic mass is 9.99. The molecule has 2 heterocycles. The van der Waals surface area contributed by atoms with Gasteiger partial charge in [-0.05, 0) is 82.1 Å². The summed E-state index contributed by atoms with van der Waals surface area (Å²) in [5.41, 5.74) is 11.2. The second-order valence-electron chi connectivity index (χ2n) is 12.5. The van der Waals surface area contributed by atoms with Gasteiger partial charge in [-0.25, -0.2) is 0 Å². The molecule has 0 saturated heterocycles. The van der Waals surface area contributed by atoms with E-state index in [2.05, 4.69) is 157 Å². The molecule has 3 nitrogen and oxygen atoms in total. The number of hydrogen-bond acceptors (Lipinski definition) is 3. The van der Waals surface area contributed by atoms with E-state index in [1.807, 2.05) is 24.3 Å². The molecule has 0 aliphatic rings. The van der Waals surface area contributed by atoms with Crippen LogP contribution in [-0.2, 0) is 0 Å². The largest absolute Gasteiger partial charge is 0.456 e. The van der Waals surface area contributed by atoms with E-state index < -0.39 is 0 Å². The Hall–Kier alpha value is -6.58. The average Bonchev–Trinajstić information content (AvgIpc) is 3.74. The number of rotatable bonds is 5. The summed E-state index contributed by atoms with van der Waals surface area (Å²) in [7, 11) is 0. The lowest BCUT2D eigenvalue weighted by Gasteiger charge is -2.27. The molecule has 0 radical (unpaired) electrons. The molecule has 8 aromatic carbocycles. The lowest BCUT2D eigenvalue weighted by molar-refractivity contribution is 0.669. The zero-order chi connectivity index (χ0) is 32.3. The van der Waals surface area contributed by atoms with Gasteiger partial charge in [-0.3, -0.25) is 0 Å². The van der Waals surface area contributed by atoms with Crippen molar-refractivity contribution in [2.45, 2.75) is 0 Å². The first-order valence-electron chi connectivity index (χ1n) is 16.6. The van der Waals surface area contributed by atoms with E-state index in [-0.39, 0.29) is 0 Å². The third-order valence-corrected chi connectivity index (χ3v) is 9.65. The number of benzene rings is 8. The fourth-order valence-electron chi connectivity index (χ4n) is 7.33. The molecule has 0 saturated carbocycles. The minimum absolute atomic E-state index is 0.863. The second-order valence-corrected chi connectivity index (χ2v) is 12.5. The van der Waals surface area contributed by atoms with Crippen LogP contribution in [0.2, 0.25) is 0 Å².